The van der Waals surface area contributed by atoms with E-state index in [0.717, 1.165) is 18.2 Å². The topological polar surface area (TPSA) is 57.5 Å². The van der Waals surface area contributed by atoms with Crippen molar-refractivity contribution in [2.75, 3.05) is 0 Å². The van der Waals surface area contributed by atoms with Crippen molar-refractivity contribution >= 4 is 57.4 Å². The van der Waals surface area contributed by atoms with Gasteiger partial charge in [-0.1, -0.05) is 6.07 Å². The molecule has 93 valence electrons. The third-order valence-electron chi connectivity index (χ3n) is 2.47. The molecule has 2 rings (SSSR count). The molecule has 3 nitrogen and oxygen atoms in total. The minimum absolute atomic E-state index is 0. The number of benzene rings is 2. The third kappa shape index (κ3) is 3.61. The quantitative estimate of drug-likeness (QED) is 0.836. The van der Waals surface area contributed by atoms with E-state index in [1.165, 1.54) is 12.1 Å². The van der Waals surface area contributed by atoms with E-state index in [9.17, 15) is 18.7 Å². The van der Waals surface area contributed by atoms with E-state index < -0.39 is 23.4 Å². The van der Waals surface area contributed by atoms with Gasteiger partial charge < -0.3 is 10.2 Å². The summed E-state index contributed by atoms with van der Waals surface area (Å²) in [5.41, 5.74) is -0.0159. The van der Waals surface area contributed by atoms with Crippen LogP contribution in [0.1, 0.15) is 10.4 Å². The molecular weight excluding hydrogens is 281 g/mol. The van der Waals surface area contributed by atoms with E-state index in [-0.39, 0.29) is 68.1 Å². The van der Waals surface area contributed by atoms with Crippen LogP contribution in [-0.2, 0) is 0 Å². The SMILES string of the molecule is O=C(O)c1cc(-c2ccc(F)cc2F)ccc1O.[K]. The molecule has 0 unspecified atom stereocenters. The Balaban J connectivity index is 0.00000180. The average molecular weight is 289 g/mol. The molecular formula is C13H8F2KO3. The predicted molar refractivity (Wildman–Crippen MR) is 66.2 cm³/mol. The Labute approximate surface area is 150 Å². The standard InChI is InChI=1S/C13H8F2O3.K/c14-8-2-3-9(11(15)6-8)7-1-4-12(16)10(5-7)13(17)18;/h1-6,16H,(H,17,18);. The summed E-state index contributed by atoms with van der Waals surface area (Å²) in [6, 6.07) is 6.64. The van der Waals surface area contributed by atoms with Crippen molar-refractivity contribution in [2.45, 2.75) is 0 Å². The zero-order valence-corrected chi connectivity index (χ0v) is 13.1. The maximum atomic E-state index is 13.5. The second-order valence-electron chi connectivity index (χ2n) is 3.66. The Kier molecular flexibility index (Phi) is 5.63. The van der Waals surface area contributed by atoms with E-state index in [1.54, 1.807) is 0 Å². The number of rotatable bonds is 2. The molecule has 0 aliphatic heterocycles. The van der Waals surface area contributed by atoms with Gasteiger partial charge in [0.1, 0.15) is 22.9 Å². The molecule has 0 saturated heterocycles. The molecule has 2 aromatic rings. The maximum Gasteiger partial charge on any atom is 0.339 e. The number of halogens is 2. The van der Waals surface area contributed by atoms with Crippen molar-refractivity contribution in [3.8, 4) is 16.9 Å². The minimum atomic E-state index is -1.32. The van der Waals surface area contributed by atoms with Gasteiger partial charge in [-0.05, 0) is 29.8 Å². The first-order valence-electron chi connectivity index (χ1n) is 5.01. The van der Waals surface area contributed by atoms with Crippen LogP contribution in [0.4, 0.5) is 8.78 Å². The number of carbonyl (C=O) groups is 1. The van der Waals surface area contributed by atoms with Gasteiger partial charge in [-0.3, -0.25) is 0 Å². The van der Waals surface area contributed by atoms with Gasteiger partial charge in [-0.15, -0.1) is 0 Å². The molecule has 0 amide bonds. The number of hydrogen-bond acceptors (Lipinski definition) is 2. The molecule has 6 heteroatoms. The summed E-state index contributed by atoms with van der Waals surface area (Å²) in [4.78, 5) is 10.8. The van der Waals surface area contributed by atoms with Gasteiger partial charge in [-0.25, -0.2) is 13.6 Å². The van der Waals surface area contributed by atoms with Crippen LogP contribution < -0.4 is 0 Å². The van der Waals surface area contributed by atoms with Crippen LogP contribution in [0, 0.1) is 11.6 Å². The van der Waals surface area contributed by atoms with Crippen LogP contribution in [0.2, 0.25) is 0 Å². The molecule has 0 saturated carbocycles. The first-order valence-corrected chi connectivity index (χ1v) is 5.01. The van der Waals surface area contributed by atoms with Gasteiger partial charge in [0.15, 0.2) is 0 Å². The molecule has 0 spiro atoms. The number of aromatic carboxylic acids is 1. The van der Waals surface area contributed by atoms with Crippen molar-refractivity contribution in [1.29, 1.82) is 0 Å². The van der Waals surface area contributed by atoms with Crippen molar-refractivity contribution in [1.82, 2.24) is 0 Å². The fourth-order valence-corrected chi connectivity index (χ4v) is 1.60. The van der Waals surface area contributed by atoms with Crippen molar-refractivity contribution in [2.24, 2.45) is 0 Å². The zero-order chi connectivity index (χ0) is 13.3. The summed E-state index contributed by atoms with van der Waals surface area (Å²) in [6.07, 6.45) is 0. The molecule has 19 heavy (non-hydrogen) atoms. The Bertz CT molecular complexity index is 629. The predicted octanol–water partition coefficient (Wildman–Crippen LogP) is 2.65. The Morgan fingerprint density at radius 1 is 1.05 bits per heavy atom. The number of aromatic hydroxyl groups is 1. The first-order chi connectivity index (χ1) is 8.49. The van der Waals surface area contributed by atoms with Crippen LogP contribution in [0.25, 0.3) is 11.1 Å². The van der Waals surface area contributed by atoms with Gasteiger partial charge in [0.2, 0.25) is 0 Å². The zero-order valence-electron chi connectivity index (χ0n) is 10.0. The minimum Gasteiger partial charge on any atom is -0.507 e. The van der Waals surface area contributed by atoms with Gasteiger partial charge >= 0.3 is 5.97 Å². The number of carboxylic acid groups (broad SMARTS) is 1. The van der Waals surface area contributed by atoms with E-state index in [4.69, 9.17) is 5.11 Å². The molecule has 0 atom stereocenters. The number of phenols is 1. The van der Waals surface area contributed by atoms with Crippen LogP contribution >= 0.6 is 0 Å². The monoisotopic (exact) mass is 289 g/mol. The van der Waals surface area contributed by atoms with E-state index in [1.807, 2.05) is 0 Å². The smallest absolute Gasteiger partial charge is 0.339 e. The fraction of sp³-hybridized carbons (Fsp3) is 0. The van der Waals surface area contributed by atoms with Gasteiger partial charge in [0.25, 0.3) is 0 Å². The maximum absolute atomic E-state index is 13.5. The Morgan fingerprint density at radius 2 is 1.74 bits per heavy atom. The van der Waals surface area contributed by atoms with Crippen LogP contribution in [-0.4, -0.2) is 67.6 Å². The van der Waals surface area contributed by atoms with E-state index in [2.05, 4.69) is 0 Å². The molecule has 2 N–H and O–H groups in total. The van der Waals surface area contributed by atoms with Crippen molar-refractivity contribution < 1.29 is 23.8 Å². The Morgan fingerprint density at radius 3 is 2.32 bits per heavy atom. The summed E-state index contributed by atoms with van der Waals surface area (Å²) >= 11 is 0. The molecule has 1 radical (unpaired) electrons. The molecule has 0 heterocycles. The van der Waals surface area contributed by atoms with Crippen molar-refractivity contribution in [3.63, 3.8) is 0 Å². The normalized spacial score (nSPS) is 9.79. The first kappa shape index (κ1) is 16.3. The summed E-state index contributed by atoms with van der Waals surface area (Å²) in [5, 5.41) is 18.2. The average Bonchev–Trinajstić information content (AvgIpc) is 2.30. The van der Waals surface area contributed by atoms with Crippen LogP contribution in [0.5, 0.6) is 5.75 Å². The van der Waals surface area contributed by atoms with E-state index >= 15 is 0 Å². The van der Waals surface area contributed by atoms with Gasteiger partial charge in [-0.2, -0.15) is 0 Å². The summed E-state index contributed by atoms with van der Waals surface area (Å²) in [5.74, 6) is -3.24. The molecule has 0 bridgehead atoms. The van der Waals surface area contributed by atoms with Crippen LogP contribution in [0.15, 0.2) is 36.4 Å². The second-order valence-corrected chi connectivity index (χ2v) is 3.66. The summed E-state index contributed by atoms with van der Waals surface area (Å²) in [7, 11) is 0. The molecule has 0 fully saturated rings. The largest absolute Gasteiger partial charge is 0.507 e. The third-order valence-corrected chi connectivity index (χ3v) is 2.47. The summed E-state index contributed by atoms with van der Waals surface area (Å²) in [6.45, 7) is 0. The van der Waals surface area contributed by atoms with E-state index in [0.29, 0.717) is 6.07 Å². The second kappa shape index (κ2) is 6.58. The van der Waals surface area contributed by atoms with Gasteiger partial charge in [0.05, 0.1) is 0 Å². The summed E-state index contributed by atoms with van der Waals surface area (Å²) < 4.78 is 26.3. The molecule has 0 aromatic heterocycles. The van der Waals surface area contributed by atoms with Crippen LogP contribution in [0.3, 0.4) is 0 Å². The molecule has 0 aliphatic rings. The fourth-order valence-electron chi connectivity index (χ4n) is 1.60. The number of hydrogen-bond donors (Lipinski definition) is 2. The molecule has 0 aliphatic carbocycles. The Hall–Kier alpha value is -0.794. The number of carboxylic acids is 1. The van der Waals surface area contributed by atoms with Crippen molar-refractivity contribution in [3.05, 3.63) is 53.6 Å². The molecule has 2 aromatic carbocycles. The van der Waals surface area contributed by atoms with Gasteiger partial charge in [0, 0.05) is 63.0 Å².